The number of nitrogens with one attached hydrogen (secondary N) is 1. The molecule has 89 heavy (non-hydrogen) atoms. The highest BCUT2D eigenvalue weighted by Crippen LogP contribution is 2.33. The Morgan fingerprint density at radius 3 is 1.12 bits per heavy atom. The molecule has 3 saturated heterocycles. The lowest BCUT2D eigenvalue weighted by atomic mass is 9.96. The summed E-state index contributed by atoms with van der Waals surface area (Å²) in [5, 5.41) is 121. The summed E-state index contributed by atoms with van der Waals surface area (Å²) in [5.41, 5.74) is 0. The van der Waals surface area contributed by atoms with Crippen LogP contribution < -0.4 is 5.32 Å². The van der Waals surface area contributed by atoms with Crippen molar-refractivity contribution in [2.45, 2.75) is 388 Å². The molecule has 0 saturated carbocycles. The number of carbonyl (C=O) groups is 1. The second kappa shape index (κ2) is 52.5. The molecule has 12 N–H and O–H groups in total. The molecular formula is C70H131NO18. The van der Waals surface area contributed by atoms with E-state index in [4.69, 9.17) is 28.4 Å². The largest absolute Gasteiger partial charge is 0.394 e. The Balaban J connectivity index is 1.43. The van der Waals surface area contributed by atoms with E-state index in [-0.39, 0.29) is 18.9 Å². The molecule has 17 unspecified atom stereocenters. The average molecular weight is 1270 g/mol. The van der Waals surface area contributed by atoms with Crippen LogP contribution in [0.4, 0.5) is 0 Å². The normalized spacial score (nSPS) is 28.3. The Bertz CT molecular complexity index is 1710. The quantitative estimate of drug-likeness (QED) is 0.0199. The second-order valence-electron chi connectivity index (χ2n) is 26.1. The summed E-state index contributed by atoms with van der Waals surface area (Å²) in [5.74, 6) is -0.280. The molecule has 3 heterocycles. The Kier molecular flexibility index (Phi) is 48.1. The summed E-state index contributed by atoms with van der Waals surface area (Å²) in [6, 6.07) is -0.987. The molecule has 19 nitrogen and oxygen atoms in total. The fourth-order valence-electron chi connectivity index (χ4n) is 12.4. The molecule has 0 aromatic heterocycles. The van der Waals surface area contributed by atoms with Crippen LogP contribution in [0, 0.1) is 0 Å². The fourth-order valence-corrected chi connectivity index (χ4v) is 12.4. The van der Waals surface area contributed by atoms with Crippen LogP contribution in [0.5, 0.6) is 0 Å². The van der Waals surface area contributed by atoms with Gasteiger partial charge < -0.3 is 89.9 Å². The van der Waals surface area contributed by atoms with Crippen molar-refractivity contribution in [2.75, 3.05) is 26.4 Å². The number of hydrogen-bond donors (Lipinski definition) is 12. The van der Waals surface area contributed by atoms with Gasteiger partial charge in [0.15, 0.2) is 18.9 Å². The molecule has 3 aliphatic heterocycles. The van der Waals surface area contributed by atoms with Crippen LogP contribution in [0.15, 0.2) is 24.3 Å². The molecule has 524 valence electrons. The number of hydrogen-bond acceptors (Lipinski definition) is 18. The standard InChI is InChI=1S/C70H131NO18/c1-3-5-7-9-11-13-15-17-19-21-23-24-25-26-27-28-29-30-31-33-35-37-39-41-43-45-47-54(75)53(71-58(76)48-46-44-42-40-38-36-34-32-22-20-18-16-14-12-10-8-6-4-2)52-84-68-64(82)61(79)66(56(50-73)86-68)89-70-65(83)62(80)67(57(51-74)87-70)88-69-63(81)60(78)59(77)55(49-72)85-69/h37,39,45,47,53-57,59-70,72-75,77-83H,3-36,38,40-44,46,48-52H2,1-2H3,(H,71,76)/b39-37+,47-45+. The first kappa shape index (κ1) is 81.5. The van der Waals surface area contributed by atoms with E-state index in [1.165, 1.54) is 212 Å². The molecule has 19 heteroatoms. The van der Waals surface area contributed by atoms with E-state index < -0.39 is 124 Å². The van der Waals surface area contributed by atoms with Crippen molar-refractivity contribution in [3.8, 4) is 0 Å². The van der Waals surface area contributed by atoms with Crippen LogP contribution in [-0.4, -0.2) is 193 Å². The van der Waals surface area contributed by atoms with Crippen molar-refractivity contribution in [2.24, 2.45) is 0 Å². The molecule has 0 spiro atoms. The molecule has 3 aliphatic rings. The van der Waals surface area contributed by atoms with Crippen molar-refractivity contribution in [1.82, 2.24) is 5.32 Å². The third-order valence-corrected chi connectivity index (χ3v) is 18.3. The Morgan fingerprint density at radius 2 is 0.719 bits per heavy atom. The third kappa shape index (κ3) is 34.5. The van der Waals surface area contributed by atoms with Gasteiger partial charge in [-0.15, -0.1) is 0 Å². The first-order valence-electron chi connectivity index (χ1n) is 36.1. The molecular weight excluding hydrogens is 1140 g/mol. The van der Waals surface area contributed by atoms with Crippen LogP contribution >= 0.6 is 0 Å². The zero-order valence-corrected chi connectivity index (χ0v) is 55.4. The van der Waals surface area contributed by atoms with Gasteiger partial charge in [-0.1, -0.05) is 269 Å². The molecule has 3 rings (SSSR count). The summed E-state index contributed by atoms with van der Waals surface area (Å²) < 4.78 is 34.4. The van der Waals surface area contributed by atoms with Crippen molar-refractivity contribution in [3.05, 3.63) is 24.3 Å². The Hall–Kier alpha value is -1.73. The van der Waals surface area contributed by atoms with Crippen molar-refractivity contribution < 1.29 is 89.4 Å². The lowest BCUT2D eigenvalue weighted by Gasteiger charge is -2.48. The van der Waals surface area contributed by atoms with Crippen molar-refractivity contribution in [3.63, 3.8) is 0 Å². The van der Waals surface area contributed by atoms with Gasteiger partial charge in [0.1, 0.15) is 73.2 Å². The van der Waals surface area contributed by atoms with E-state index >= 15 is 0 Å². The van der Waals surface area contributed by atoms with Gasteiger partial charge >= 0.3 is 0 Å². The highest BCUT2D eigenvalue weighted by Gasteiger charge is 2.53. The topological polar surface area (TPSA) is 307 Å². The van der Waals surface area contributed by atoms with Crippen LogP contribution in [0.25, 0.3) is 0 Å². The minimum absolute atomic E-state index is 0.241. The molecule has 0 radical (unpaired) electrons. The van der Waals surface area contributed by atoms with Gasteiger partial charge in [-0.3, -0.25) is 4.79 Å². The highest BCUT2D eigenvalue weighted by atomic mass is 16.8. The molecule has 0 aromatic carbocycles. The molecule has 0 bridgehead atoms. The summed E-state index contributed by atoms with van der Waals surface area (Å²) >= 11 is 0. The Morgan fingerprint density at radius 1 is 0.393 bits per heavy atom. The van der Waals surface area contributed by atoms with E-state index in [0.717, 1.165) is 38.5 Å². The van der Waals surface area contributed by atoms with Gasteiger partial charge in [-0.2, -0.15) is 0 Å². The van der Waals surface area contributed by atoms with Crippen LogP contribution in [0.2, 0.25) is 0 Å². The van der Waals surface area contributed by atoms with Gasteiger partial charge in [0.2, 0.25) is 5.91 Å². The molecule has 17 atom stereocenters. The summed E-state index contributed by atoms with van der Waals surface area (Å²) in [6.07, 6.45) is 33.0. The monoisotopic (exact) mass is 1270 g/mol. The smallest absolute Gasteiger partial charge is 0.220 e. The van der Waals surface area contributed by atoms with Crippen LogP contribution in [-0.2, 0) is 33.2 Å². The van der Waals surface area contributed by atoms with Gasteiger partial charge in [0.05, 0.1) is 38.6 Å². The number of rotatable bonds is 56. The molecule has 3 fully saturated rings. The second-order valence-corrected chi connectivity index (χ2v) is 26.1. The van der Waals surface area contributed by atoms with Crippen LogP contribution in [0.3, 0.4) is 0 Å². The van der Waals surface area contributed by atoms with E-state index in [0.29, 0.717) is 12.8 Å². The van der Waals surface area contributed by atoms with Gasteiger partial charge in [0, 0.05) is 6.42 Å². The number of ether oxygens (including phenoxy) is 6. The molecule has 0 aliphatic carbocycles. The maximum atomic E-state index is 13.4. The third-order valence-electron chi connectivity index (χ3n) is 18.3. The number of carbonyl (C=O) groups excluding carboxylic acids is 1. The number of amides is 1. The lowest BCUT2D eigenvalue weighted by molar-refractivity contribution is -0.379. The average Bonchev–Trinajstić information content (AvgIpc) is 1.97. The Labute approximate surface area is 537 Å². The number of aliphatic hydroxyl groups excluding tert-OH is 11. The maximum Gasteiger partial charge on any atom is 0.220 e. The van der Waals surface area contributed by atoms with E-state index in [2.05, 4.69) is 31.3 Å². The van der Waals surface area contributed by atoms with Crippen LogP contribution in [0.1, 0.15) is 284 Å². The predicted octanol–water partition coefficient (Wildman–Crippen LogP) is 9.83. The van der Waals surface area contributed by atoms with Gasteiger partial charge in [0.25, 0.3) is 0 Å². The lowest BCUT2D eigenvalue weighted by Crippen LogP contribution is -2.66. The van der Waals surface area contributed by atoms with Crippen molar-refractivity contribution >= 4 is 5.91 Å². The van der Waals surface area contributed by atoms with E-state index in [1.54, 1.807) is 6.08 Å². The van der Waals surface area contributed by atoms with E-state index in [9.17, 15) is 61.0 Å². The predicted molar refractivity (Wildman–Crippen MR) is 346 cm³/mol. The zero-order chi connectivity index (χ0) is 64.7. The minimum Gasteiger partial charge on any atom is -0.394 e. The molecule has 0 aromatic rings. The summed E-state index contributed by atoms with van der Waals surface area (Å²) in [7, 11) is 0. The molecule has 1 amide bonds. The summed E-state index contributed by atoms with van der Waals surface area (Å²) in [6.45, 7) is 1.75. The SMILES string of the molecule is CCCCCCCCCCCCCCCCCCCCCC/C=C/CC/C=C/C(O)C(COC1OC(CO)C(OC2OC(CO)C(OC3OC(CO)C(O)C(O)C3O)C(O)C2O)C(O)C1O)NC(=O)CCCCCCCCCCCCCCCCCCCC. The maximum absolute atomic E-state index is 13.4. The number of aliphatic hydroxyl groups is 11. The zero-order valence-electron chi connectivity index (χ0n) is 55.4. The fraction of sp³-hybridized carbons (Fsp3) is 0.929. The van der Waals surface area contributed by atoms with Gasteiger partial charge in [-0.05, 0) is 32.1 Å². The summed E-state index contributed by atoms with van der Waals surface area (Å²) in [4.78, 5) is 13.4. The van der Waals surface area contributed by atoms with Gasteiger partial charge in [-0.25, -0.2) is 0 Å². The number of unbranched alkanes of at least 4 members (excludes halogenated alkanes) is 38. The van der Waals surface area contributed by atoms with Crippen molar-refractivity contribution in [1.29, 1.82) is 0 Å². The first-order chi connectivity index (χ1) is 43.3. The first-order valence-corrected chi connectivity index (χ1v) is 36.1. The minimum atomic E-state index is -1.98. The van der Waals surface area contributed by atoms with E-state index in [1.807, 2.05) is 6.08 Å². The number of allylic oxidation sites excluding steroid dienone is 3. The highest BCUT2D eigenvalue weighted by molar-refractivity contribution is 5.76.